The van der Waals surface area contributed by atoms with Crippen LogP contribution in [0.25, 0.3) is 11.0 Å². The number of benzene rings is 1. The van der Waals surface area contributed by atoms with Gasteiger partial charge in [-0.25, -0.2) is 15.0 Å². The van der Waals surface area contributed by atoms with Crippen molar-refractivity contribution < 1.29 is 9.47 Å². The average Bonchev–Trinajstić information content (AvgIpc) is 3.16. The Morgan fingerprint density at radius 1 is 1.31 bits per heavy atom. The smallest absolute Gasteiger partial charge is 0.297 e. The summed E-state index contributed by atoms with van der Waals surface area (Å²) in [7, 11) is -0.828. The van der Waals surface area contributed by atoms with Gasteiger partial charge < -0.3 is 9.47 Å². The van der Waals surface area contributed by atoms with Crippen LogP contribution in [0.5, 0.6) is 11.8 Å². The summed E-state index contributed by atoms with van der Waals surface area (Å²) in [6.07, 6.45) is 8.33. The van der Waals surface area contributed by atoms with Gasteiger partial charge in [-0.1, -0.05) is 0 Å². The highest BCUT2D eigenvalue weighted by atomic mass is 32.3. The van der Waals surface area contributed by atoms with Crippen molar-refractivity contribution in [2.75, 3.05) is 25.4 Å². The summed E-state index contributed by atoms with van der Waals surface area (Å²) in [4.78, 5) is 8.98. The van der Waals surface area contributed by atoms with Gasteiger partial charge in [-0.3, -0.25) is 4.57 Å². The second kappa shape index (κ2) is 6.22. The summed E-state index contributed by atoms with van der Waals surface area (Å²) in [5.41, 5.74) is 2.35. The predicted octanol–water partition coefficient (Wildman–Crippen LogP) is 3.20. The Hall–Kier alpha value is -2.72. The van der Waals surface area contributed by atoms with Crippen LogP contribution in [-0.4, -0.2) is 46.0 Å². The minimum Gasteiger partial charge on any atom is -0.488 e. The normalized spacial score (nSPS) is 16.8. The molecule has 2 aromatic heterocycles. The van der Waals surface area contributed by atoms with Crippen LogP contribution in [0.4, 0.5) is 0 Å². The molecule has 1 aromatic carbocycles. The van der Waals surface area contributed by atoms with Gasteiger partial charge in [0, 0.05) is 0 Å². The van der Waals surface area contributed by atoms with Crippen LogP contribution in [0.3, 0.4) is 0 Å². The molecule has 0 fully saturated rings. The van der Waals surface area contributed by atoms with Crippen LogP contribution >= 0.6 is 10.0 Å². The molecular weight excluding hydrogens is 348 g/mol. The molecule has 1 aliphatic rings. The van der Waals surface area contributed by atoms with Crippen molar-refractivity contribution in [2.45, 2.75) is 17.7 Å². The Morgan fingerprint density at radius 3 is 2.85 bits per heavy atom. The molecule has 0 N–H and O–H groups in total. The molecule has 0 saturated carbocycles. The van der Waals surface area contributed by atoms with Crippen LogP contribution in [-0.2, 0) is 6.54 Å². The first kappa shape index (κ1) is 16.7. The van der Waals surface area contributed by atoms with Gasteiger partial charge in [-0.15, -0.1) is 0 Å². The number of imidazole rings is 1. The topological polar surface area (TPSA) is 73.0 Å². The third-order valence-electron chi connectivity index (χ3n) is 4.27. The molecule has 1 aliphatic heterocycles. The summed E-state index contributed by atoms with van der Waals surface area (Å²) in [5.74, 6) is 0.745. The van der Waals surface area contributed by atoms with Crippen LogP contribution in [0.15, 0.2) is 41.6 Å². The first-order valence-corrected chi connectivity index (χ1v) is 11.1. The van der Waals surface area contributed by atoms with E-state index in [-0.39, 0.29) is 6.10 Å². The van der Waals surface area contributed by atoms with Crippen molar-refractivity contribution in [2.24, 2.45) is 0 Å². The van der Waals surface area contributed by atoms with Gasteiger partial charge in [-0.2, -0.15) is 10.2 Å². The van der Waals surface area contributed by atoms with E-state index in [0.29, 0.717) is 24.7 Å². The molecule has 3 heterocycles. The van der Waals surface area contributed by atoms with Crippen LogP contribution in [0.1, 0.15) is 5.56 Å². The van der Waals surface area contributed by atoms with Crippen molar-refractivity contribution in [1.82, 2.24) is 14.5 Å². The molecule has 4 rings (SSSR count). The highest BCUT2D eigenvalue weighted by molar-refractivity contribution is 8.32. The summed E-state index contributed by atoms with van der Waals surface area (Å²) in [5, 5.41) is 10.1. The summed E-state index contributed by atoms with van der Waals surface area (Å²) in [6.45, 7) is 1.11. The van der Waals surface area contributed by atoms with E-state index in [0.717, 1.165) is 21.8 Å². The van der Waals surface area contributed by atoms with E-state index < -0.39 is 10.0 Å². The van der Waals surface area contributed by atoms with Crippen molar-refractivity contribution in [3.8, 4) is 17.8 Å². The lowest BCUT2D eigenvalue weighted by molar-refractivity contribution is 0.143. The Kier molecular flexibility index (Phi) is 4.00. The van der Waals surface area contributed by atoms with Crippen molar-refractivity contribution in [3.63, 3.8) is 0 Å². The third-order valence-corrected chi connectivity index (χ3v) is 5.77. The van der Waals surface area contributed by atoms with E-state index in [1.165, 1.54) is 0 Å². The monoisotopic (exact) mass is 368 g/mol. The molecular formula is C19H20N4O2S. The summed E-state index contributed by atoms with van der Waals surface area (Å²) in [6, 6.07) is 12.2. The van der Waals surface area contributed by atoms with E-state index in [4.69, 9.17) is 14.7 Å². The number of nitriles is 1. The number of hydrogen-bond acceptors (Lipinski definition) is 5. The fourth-order valence-electron chi connectivity index (χ4n) is 2.92. The molecule has 0 spiro atoms. The third kappa shape index (κ3) is 3.08. The Balaban J connectivity index is 1.42. The molecule has 0 bridgehead atoms. The van der Waals surface area contributed by atoms with Crippen molar-refractivity contribution in [3.05, 3.63) is 42.1 Å². The lowest BCUT2D eigenvalue weighted by Gasteiger charge is -2.24. The van der Waals surface area contributed by atoms with Gasteiger partial charge >= 0.3 is 0 Å². The Morgan fingerprint density at radius 2 is 2.15 bits per heavy atom. The molecule has 6 nitrogen and oxygen atoms in total. The highest BCUT2D eigenvalue weighted by Crippen LogP contribution is 2.43. The molecule has 0 aliphatic carbocycles. The van der Waals surface area contributed by atoms with E-state index in [1.54, 1.807) is 18.3 Å². The number of aromatic nitrogens is 3. The number of rotatable bonds is 4. The van der Waals surface area contributed by atoms with Gasteiger partial charge in [0.1, 0.15) is 12.4 Å². The maximum atomic E-state index is 8.99. The fourth-order valence-corrected chi connectivity index (χ4v) is 3.77. The first-order chi connectivity index (χ1) is 12.4. The van der Waals surface area contributed by atoms with Crippen LogP contribution in [0.2, 0.25) is 0 Å². The van der Waals surface area contributed by atoms with Crippen LogP contribution in [0, 0.1) is 11.3 Å². The SMILES string of the molecule is CS(C)(C)c1ccc(OC[C@@H]2Cn3c(nc4cc(C#N)ccc43)O2)cn1. The number of fused-ring (bicyclic) bond motifs is 3. The van der Waals surface area contributed by atoms with E-state index in [1.807, 2.05) is 22.8 Å². The number of ether oxygens (including phenoxy) is 2. The standard InChI is InChI=1S/C19H20N4O2S/c1-26(2,3)18-7-5-14(10-21-18)24-12-15-11-23-17-6-4-13(9-20)8-16(17)22-19(23)25-15/h4-8,10,15H,11-12H2,1-3H3/t15-/m0/s1. The number of nitrogens with zero attached hydrogens (tertiary/aromatic N) is 4. The maximum absolute atomic E-state index is 8.99. The fraction of sp³-hybridized carbons (Fsp3) is 0.316. The lowest BCUT2D eigenvalue weighted by atomic mass is 10.2. The molecule has 3 aromatic rings. The Bertz CT molecular complexity index is 999. The van der Waals surface area contributed by atoms with E-state index >= 15 is 0 Å². The van der Waals surface area contributed by atoms with Gasteiger partial charge in [0.05, 0.1) is 40.4 Å². The van der Waals surface area contributed by atoms with Gasteiger partial charge in [0.25, 0.3) is 6.01 Å². The second-order valence-corrected chi connectivity index (χ2v) is 11.1. The number of hydrogen-bond donors (Lipinski definition) is 0. The zero-order valence-electron chi connectivity index (χ0n) is 15.0. The number of pyridine rings is 1. The molecule has 1 atom stereocenters. The molecule has 0 saturated heterocycles. The predicted molar refractivity (Wildman–Crippen MR) is 102 cm³/mol. The molecule has 0 amide bonds. The zero-order chi connectivity index (χ0) is 18.3. The molecule has 0 unspecified atom stereocenters. The molecule has 134 valence electrons. The quantitative estimate of drug-likeness (QED) is 0.707. The van der Waals surface area contributed by atoms with E-state index in [2.05, 4.69) is 34.8 Å². The van der Waals surface area contributed by atoms with Crippen molar-refractivity contribution in [1.29, 1.82) is 5.26 Å². The minimum atomic E-state index is -0.828. The van der Waals surface area contributed by atoms with Gasteiger partial charge in [-0.05, 0) is 49.1 Å². The molecule has 7 heteroatoms. The highest BCUT2D eigenvalue weighted by Gasteiger charge is 2.27. The minimum absolute atomic E-state index is 0.0922. The Labute approximate surface area is 153 Å². The molecule has 0 radical (unpaired) electrons. The largest absolute Gasteiger partial charge is 0.488 e. The second-order valence-electron chi connectivity index (χ2n) is 7.04. The van der Waals surface area contributed by atoms with Crippen molar-refractivity contribution >= 4 is 21.1 Å². The zero-order valence-corrected chi connectivity index (χ0v) is 15.8. The molecule has 26 heavy (non-hydrogen) atoms. The van der Waals surface area contributed by atoms with Crippen LogP contribution < -0.4 is 9.47 Å². The lowest BCUT2D eigenvalue weighted by Crippen LogP contribution is -2.23. The van der Waals surface area contributed by atoms with Gasteiger partial charge in [0.2, 0.25) is 0 Å². The average molecular weight is 368 g/mol. The summed E-state index contributed by atoms with van der Waals surface area (Å²) >= 11 is 0. The maximum Gasteiger partial charge on any atom is 0.297 e. The van der Waals surface area contributed by atoms with E-state index in [9.17, 15) is 0 Å². The van der Waals surface area contributed by atoms with Gasteiger partial charge in [0.15, 0.2) is 6.10 Å². The summed E-state index contributed by atoms with van der Waals surface area (Å²) < 4.78 is 13.8. The first-order valence-electron chi connectivity index (χ1n) is 8.28.